The quantitative estimate of drug-likeness (QED) is 0.566. The minimum atomic E-state index is 0.457. The minimum absolute atomic E-state index is 0.457. The summed E-state index contributed by atoms with van der Waals surface area (Å²) in [5.74, 6) is 0.813. The van der Waals surface area contributed by atoms with E-state index in [9.17, 15) is 0 Å². The Morgan fingerprint density at radius 2 is 1.76 bits per heavy atom. The second-order valence-corrected chi connectivity index (χ2v) is 5.86. The lowest BCUT2D eigenvalue weighted by atomic mass is 10.1. The predicted octanol–water partition coefficient (Wildman–Crippen LogP) is 4.50. The fraction of sp³-hybridized carbons (Fsp3) is 0.600. The summed E-state index contributed by atoms with van der Waals surface area (Å²) in [6.07, 6.45) is 4.69. The molecule has 0 saturated heterocycles. The molecule has 0 aliphatic rings. The van der Waals surface area contributed by atoms with Crippen molar-refractivity contribution < 1.29 is 0 Å². The van der Waals surface area contributed by atoms with E-state index in [-0.39, 0.29) is 0 Å². The third-order valence-electron chi connectivity index (χ3n) is 3.02. The fourth-order valence-electron chi connectivity index (χ4n) is 1.84. The Bertz CT molecular complexity index is 305. The number of thioether (sulfide) groups is 1. The molecule has 17 heavy (non-hydrogen) atoms. The lowest BCUT2D eigenvalue weighted by molar-refractivity contribution is 0.497. The number of hydrogen-bond acceptors (Lipinski definition) is 2. The SMILES string of the molecule is CSc1ccc(C(C)NCCCC(C)C)cc1. The van der Waals surface area contributed by atoms with Gasteiger partial charge < -0.3 is 5.32 Å². The largest absolute Gasteiger partial charge is 0.310 e. The van der Waals surface area contributed by atoms with Crippen molar-refractivity contribution in [3.05, 3.63) is 29.8 Å². The van der Waals surface area contributed by atoms with Crippen LogP contribution in [-0.4, -0.2) is 12.8 Å². The molecule has 0 radical (unpaired) electrons. The molecule has 1 nitrogen and oxygen atoms in total. The monoisotopic (exact) mass is 251 g/mol. The molecule has 2 heteroatoms. The van der Waals surface area contributed by atoms with Crippen LogP contribution in [0.3, 0.4) is 0 Å². The van der Waals surface area contributed by atoms with Gasteiger partial charge in [0.2, 0.25) is 0 Å². The summed E-state index contributed by atoms with van der Waals surface area (Å²) in [6.45, 7) is 7.92. The summed E-state index contributed by atoms with van der Waals surface area (Å²) in [5, 5.41) is 3.58. The van der Waals surface area contributed by atoms with Crippen LogP contribution in [0.5, 0.6) is 0 Å². The van der Waals surface area contributed by atoms with Crippen molar-refractivity contribution in [2.75, 3.05) is 12.8 Å². The van der Waals surface area contributed by atoms with Crippen molar-refractivity contribution in [3.63, 3.8) is 0 Å². The van der Waals surface area contributed by atoms with Gasteiger partial charge in [0.1, 0.15) is 0 Å². The van der Waals surface area contributed by atoms with Gasteiger partial charge in [0.25, 0.3) is 0 Å². The Hall–Kier alpha value is -0.470. The molecule has 0 aromatic heterocycles. The lowest BCUT2D eigenvalue weighted by Gasteiger charge is -2.15. The Labute approximate surface area is 110 Å². The van der Waals surface area contributed by atoms with Gasteiger partial charge in [-0.05, 0) is 56.2 Å². The normalized spacial score (nSPS) is 13.0. The molecule has 96 valence electrons. The number of benzene rings is 1. The average Bonchev–Trinajstić information content (AvgIpc) is 2.34. The van der Waals surface area contributed by atoms with Crippen LogP contribution in [0.15, 0.2) is 29.2 Å². The van der Waals surface area contributed by atoms with Crippen LogP contribution < -0.4 is 5.32 Å². The van der Waals surface area contributed by atoms with Gasteiger partial charge in [0.15, 0.2) is 0 Å². The van der Waals surface area contributed by atoms with Gasteiger partial charge in [0.05, 0.1) is 0 Å². The van der Waals surface area contributed by atoms with E-state index in [0.29, 0.717) is 6.04 Å². The van der Waals surface area contributed by atoms with Gasteiger partial charge in [-0.15, -0.1) is 11.8 Å². The molecule has 0 spiro atoms. The number of hydrogen-bond donors (Lipinski definition) is 1. The van der Waals surface area contributed by atoms with Crippen LogP contribution in [0.25, 0.3) is 0 Å². The zero-order chi connectivity index (χ0) is 12.7. The van der Waals surface area contributed by atoms with Crippen molar-refractivity contribution in [2.45, 2.75) is 44.6 Å². The zero-order valence-corrected chi connectivity index (χ0v) is 12.3. The highest BCUT2D eigenvalue weighted by Crippen LogP contribution is 2.18. The maximum absolute atomic E-state index is 3.58. The third kappa shape index (κ3) is 5.60. The van der Waals surface area contributed by atoms with E-state index in [2.05, 4.69) is 56.6 Å². The van der Waals surface area contributed by atoms with Gasteiger partial charge in [-0.25, -0.2) is 0 Å². The Kier molecular flexibility index (Phi) is 6.68. The highest BCUT2D eigenvalue weighted by molar-refractivity contribution is 7.98. The lowest BCUT2D eigenvalue weighted by Crippen LogP contribution is -2.20. The van der Waals surface area contributed by atoms with Crippen LogP contribution in [0.2, 0.25) is 0 Å². The minimum Gasteiger partial charge on any atom is -0.310 e. The average molecular weight is 251 g/mol. The van der Waals surface area contributed by atoms with E-state index >= 15 is 0 Å². The molecule has 0 bridgehead atoms. The Balaban J connectivity index is 2.33. The van der Waals surface area contributed by atoms with Crippen molar-refractivity contribution in [3.8, 4) is 0 Å². The molecule has 0 amide bonds. The molecule has 1 rings (SSSR count). The zero-order valence-electron chi connectivity index (χ0n) is 11.5. The van der Waals surface area contributed by atoms with E-state index in [4.69, 9.17) is 0 Å². The van der Waals surface area contributed by atoms with Crippen molar-refractivity contribution in [1.29, 1.82) is 0 Å². The molecule has 0 heterocycles. The van der Waals surface area contributed by atoms with Gasteiger partial charge >= 0.3 is 0 Å². The molecule has 1 aromatic carbocycles. The van der Waals surface area contributed by atoms with E-state index < -0.39 is 0 Å². The van der Waals surface area contributed by atoms with Gasteiger partial charge in [-0.2, -0.15) is 0 Å². The van der Waals surface area contributed by atoms with Crippen LogP contribution in [0, 0.1) is 5.92 Å². The van der Waals surface area contributed by atoms with Gasteiger partial charge in [-0.1, -0.05) is 26.0 Å². The number of nitrogens with one attached hydrogen (secondary N) is 1. The van der Waals surface area contributed by atoms with Crippen LogP contribution in [0.4, 0.5) is 0 Å². The topological polar surface area (TPSA) is 12.0 Å². The van der Waals surface area contributed by atoms with E-state index in [1.54, 1.807) is 11.8 Å². The van der Waals surface area contributed by atoms with Crippen molar-refractivity contribution in [1.82, 2.24) is 5.32 Å². The first-order chi connectivity index (χ1) is 8.13. The maximum Gasteiger partial charge on any atom is 0.0291 e. The molecule has 0 aliphatic heterocycles. The second kappa shape index (κ2) is 7.78. The Morgan fingerprint density at radius 1 is 1.12 bits per heavy atom. The molecular formula is C15H25NS. The standard InChI is InChI=1S/C15H25NS/c1-12(2)6-5-11-16-13(3)14-7-9-15(17-4)10-8-14/h7-10,12-13,16H,5-6,11H2,1-4H3. The summed E-state index contributed by atoms with van der Waals surface area (Å²) >= 11 is 1.79. The third-order valence-corrected chi connectivity index (χ3v) is 3.77. The molecule has 0 aliphatic carbocycles. The van der Waals surface area contributed by atoms with Gasteiger partial charge in [-0.3, -0.25) is 0 Å². The van der Waals surface area contributed by atoms with E-state index in [0.717, 1.165) is 12.5 Å². The first-order valence-corrected chi connectivity index (χ1v) is 7.73. The molecule has 1 atom stereocenters. The van der Waals surface area contributed by atoms with Gasteiger partial charge in [0, 0.05) is 10.9 Å². The number of rotatable bonds is 7. The van der Waals surface area contributed by atoms with E-state index in [1.807, 2.05) is 0 Å². The van der Waals surface area contributed by atoms with Crippen molar-refractivity contribution >= 4 is 11.8 Å². The van der Waals surface area contributed by atoms with Crippen LogP contribution in [0.1, 0.15) is 45.2 Å². The first-order valence-electron chi connectivity index (χ1n) is 6.50. The first kappa shape index (κ1) is 14.6. The highest BCUT2D eigenvalue weighted by atomic mass is 32.2. The highest BCUT2D eigenvalue weighted by Gasteiger charge is 2.04. The van der Waals surface area contributed by atoms with Crippen LogP contribution in [-0.2, 0) is 0 Å². The molecule has 1 unspecified atom stereocenters. The molecular weight excluding hydrogens is 226 g/mol. The summed E-state index contributed by atoms with van der Waals surface area (Å²) in [4.78, 5) is 1.33. The van der Waals surface area contributed by atoms with Crippen molar-refractivity contribution in [2.24, 2.45) is 5.92 Å². The molecule has 1 aromatic rings. The molecule has 1 N–H and O–H groups in total. The summed E-state index contributed by atoms with van der Waals surface area (Å²) in [5.41, 5.74) is 1.38. The summed E-state index contributed by atoms with van der Waals surface area (Å²) in [6, 6.07) is 9.31. The Morgan fingerprint density at radius 3 is 2.29 bits per heavy atom. The van der Waals surface area contributed by atoms with Crippen LogP contribution >= 0.6 is 11.8 Å². The predicted molar refractivity (Wildman–Crippen MR) is 78.7 cm³/mol. The second-order valence-electron chi connectivity index (χ2n) is 4.99. The summed E-state index contributed by atoms with van der Waals surface area (Å²) < 4.78 is 0. The molecule has 0 saturated carbocycles. The fourth-order valence-corrected chi connectivity index (χ4v) is 2.25. The maximum atomic E-state index is 3.58. The summed E-state index contributed by atoms with van der Waals surface area (Å²) in [7, 11) is 0. The smallest absolute Gasteiger partial charge is 0.0291 e. The molecule has 0 fully saturated rings. The van der Waals surface area contributed by atoms with E-state index in [1.165, 1.54) is 23.3 Å².